The highest BCUT2D eigenvalue weighted by atomic mass is 16.5. The molecule has 1 N–H and O–H groups in total. The monoisotopic (exact) mass is 251 g/mol. The van der Waals surface area contributed by atoms with Gasteiger partial charge in [0.25, 0.3) is 0 Å². The number of ether oxygens (including phenoxy) is 1. The average molecular weight is 251 g/mol. The minimum absolute atomic E-state index is 0.0375. The summed E-state index contributed by atoms with van der Waals surface area (Å²) in [5, 5.41) is 10.5. The maximum absolute atomic E-state index is 11.6. The number of nitrogens with zero attached hydrogens (tertiary/aromatic N) is 2. The molecule has 5 heteroatoms. The van der Waals surface area contributed by atoms with E-state index in [1.54, 1.807) is 6.20 Å². The minimum atomic E-state index is -0.0403. The molecule has 2 rings (SSSR count). The predicted octanol–water partition coefficient (Wildman–Crippen LogP) is 2.21. The van der Waals surface area contributed by atoms with Gasteiger partial charge in [-0.15, -0.1) is 5.10 Å². The zero-order chi connectivity index (χ0) is 13.5. The van der Waals surface area contributed by atoms with Gasteiger partial charge in [0.1, 0.15) is 0 Å². The molecule has 0 aromatic carbocycles. The van der Waals surface area contributed by atoms with Crippen LogP contribution in [0.5, 0.6) is 0 Å². The molecule has 0 radical (unpaired) electrons. The van der Waals surface area contributed by atoms with Gasteiger partial charge in [0, 0.05) is 0 Å². The van der Waals surface area contributed by atoms with E-state index in [1.807, 2.05) is 19.9 Å². The third kappa shape index (κ3) is 3.77. The molecule has 0 atom stereocenters. The Hall–Kier alpha value is -1.49. The van der Waals surface area contributed by atoms with Crippen LogP contribution < -0.4 is 5.32 Å². The maximum Gasteiger partial charge on any atom is 0.233 e. The van der Waals surface area contributed by atoms with E-state index in [1.165, 1.54) is 0 Å². The van der Waals surface area contributed by atoms with Crippen molar-refractivity contribution >= 4 is 11.7 Å². The van der Waals surface area contributed by atoms with E-state index in [0.717, 1.165) is 5.56 Å². The van der Waals surface area contributed by atoms with Gasteiger partial charge in [-0.05, 0) is 17.5 Å². The highest BCUT2D eigenvalue weighted by Crippen LogP contribution is 2.17. The summed E-state index contributed by atoms with van der Waals surface area (Å²) in [4.78, 5) is 11.6. The van der Waals surface area contributed by atoms with E-state index >= 15 is 0 Å². The zero-order valence-electron chi connectivity index (χ0n) is 11.4. The Bertz CT molecular complexity index is 390. The Morgan fingerprint density at radius 2 is 2.11 bits per heavy atom. The molecule has 1 amide bonds. The number of hydrogen-bond donors (Lipinski definition) is 1. The van der Waals surface area contributed by atoms with Crippen LogP contribution in [0.25, 0.3) is 0 Å². The zero-order valence-corrected chi connectivity index (χ0v) is 11.4. The molecule has 0 saturated carbocycles. The van der Waals surface area contributed by atoms with Crippen molar-refractivity contribution in [2.45, 2.75) is 33.6 Å². The smallest absolute Gasteiger partial charge is 0.233 e. The molecule has 1 saturated heterocycles. The number of carbonyl (C=O) groups is 1. The number of carbonyl (C=O) groups excluding carboxylic acids is 1. The molecule has 1 fully saturated rings. The van der Waals surface area contributed by atoms with Crippen LogP contribution >= 0.6 is 0 Å². The molecule has 1 aromatic heterocycles. The summed E-state index contributed by atoms with van der Waals surface area (Å²) in [6, 6.07) is 1.86. The highest BCUT2D eigenvalue weighted by Gasteiger charge is 2.26. The molecule has 1 aromatic rings. The molecule has 5 nitrogen and oxygen atoms in total. The van der Waals surface area contributed by atoms with Crippen molar-refractivity contribution in [1.29, 1.82) is 0 Å². The van der Waals surface area contributed by atoms with E-state index in [2.05, 4.69) is 29.4 Å². The summed E-state index contributed by atoms with van der Waals surface area (Å²) < 4.78 is 4.96. The first-order valence-electron chi connectivity index (χ1n) is 6.38. The number of anilines is 1. The second kappa shape index (κ2) is 7.06. The van der Waals surface area contributed by atoms with E-state index in [4.69, 9.17) is 4.74 Å². The summed E-state index contributed by atoms with van der Waals surface area (Å²) in [6.07, 6.45) is 1.72. The lowest BCUT2D eigenvalue weighted by molar-refractivity contribution is -0.133. The first kappa shape index (κ1) is 14.6. The molecule has 100 valence electrons. The topological polar surface area (TPSA) is 64.1 Å². The molecule has 18 heavy (non-hydrogen) atoms. The molecule has 1 aliphatic heterocycles. The summed E-state index contributed by atoms with van der Waals surface area (Å²) in [7, 11) is 0. The number of aromatic nitrogens is 2. The third-order valence-corrected chi connectivity index (χ3v) is 2.60. The van der Waals surface area contributed by atoms with Gasteiger partial charge in [-0.2, -0.15) is 5.10 Å². The normalized spacial score (nSPS) is 14.5. The molecule has 0 spiro atoms. The van der Waals surface area contributed by atoms with Gasteiger partial charge in [-0.3, -0.25) is 4.79 Å². The van der Waals surface area contributed by atoms with E-state index in [-0.39, 0.29) is 11.8 Å². The van der Waals surface area contributed by atoms with Crippen molar-refractivity contribution in [3.05, 3.63) is 17.8 Å². The fourth-order valence-electron chi connectivity index (χ4n) is 1.37. The van der Waals surface area contributed by atoms with Gasteiger partial charge < -0.3 is 10.1 Å². The van der Waals surface area contributed by atoms with Crippen LogP contribution in [0.4, 0.5) is 5.82 Å². The largest absolute Gasteiger partial charge is 0.380 e. The van der Waals surface area contributed by atoms with Crippen molar-refractivity contribution in [2.24, 2.45) is 5.92 Å². The summed E-state index contributed by atoms with van der Waals surface area (Å²) in [6.45, 7) is 9.15. The average Bonchev–Trinajstić information content (AvgIpc) is 2.29. The van der Waals surface area contributed by atoms with Crippen molar-refractivity contribution in [3.63, 3.8) is 0 Å². The third-order valence-electron chi connectivity index (χ3n) is 2.60. The number of hydrogen-bond acceptors (Lipinski definition) is 4. The van der Waals surface area contributed by atoms with Gasteiger partial charge in [0.15, 0.2) is 5.82 Å². The predicted molar refractivity (Wildman–Crippen MR) is 70.4 cm³/mol. The van der Waals surface area contributed by atoms with Crippen LogP contribution in [0.2, 0.25) is 0 Å². The van der Waals surface area contributed by atoms with Crippen molar-refractivity contribution < 1.29 is 9.53 Å². The molecular weight excluding hydrogens is 230 g/mol. The van der Waals surface area contributed by atoms with Crippen molar-refractivity contribution in [2.75, 3.05) is 18.5 Å². The van der Waals surface area contributed by atoms with Crippen molar-refractivity contribution in [1.82, 2.24) is 10.2 Å². The first-order valence-corrected chi connectivity index (χ1v) is 6.38. The van der Waals surface area contributed by atoms with Gasteiger partial charge in [-0.1, -0.05) is 27.7 Å². The van der Waals surface area contributed by atoms with E-state index < -0.39 is 0 Å². The second-order valence-corrected chi connectivity index (χ2v) is 4.25. The quantitative estimate of drug-likeness (QED) is 0.894. The van der Waals surface area contributed by atoms with Gasteiger partial charge in [-0.25, -0.2) is 0 Å². The fourth-order valence-corrected chi connectivity index (χ4v) is 1.37. The summed E-state index contributed by atoms with van der Waals surface area (Å²) in [5.74, 6) is 0.812. The minimum Gasteiger partial charge on any atom is -0.380 e. The summed E-state index contributed by atoms with van der Waals surface area (Å²) >= 11 is 0. The van der Waals surface area contributed by atoms with Gasteiger partial charge in [0.05, 0.1) is 25.3 Å². The number of rotatable bonds is 3. The van der Waals surface area contributed by atoms with Crippen LogP contribution in [-0.4, -0.2) is 29.3 Å². The summed E-state index contributed by atoms with van der Waals surface area (Å²) in [5.41, 5.74) is 1.06. The Balaban J connectivity index is 0.000000771. The Morgan fingerprint density at radius 1 is 1.44 bits per heavy atom. The Kier molecular flexibility index (Phi) is 5.71. The lowest BCUT2D eigenvalue weighted by atomic mass is 10.1. The molecule has 0 bridgehead atoms. The van der Waals surface area contributed by atoms with Crippen LogP contribution in [-0.2, 0) is 9.53 Å². The second-order valence-electron chi connectivity index (χ2n) is 4.25. The molecule has 2 heterocycles. The van der Waals surface area contributed by atoms with Gasteiger partial charge in [0.2, 0.25) is 5.91 Å². The lowest BCUT2D eigenvalue weighted by Gasteiger charge is -2.24. The van der Waals surface area contributed by atoms with Gasteiger partial charge >= 0.3 is 0 Å². The standard InChI is InChI=1S/C11H15N3O2.C2H6/c1-7(2)8-3-10(14-12-4-8)13-11(15)9-5-16-6-9;1-2/h3-4,7,9H,5-6H2,1-2H3,(H,13,14,15);1-2H3. The number of amides is 1. The molecule has 1 aliphatic rings. The van der Waals surface area contributed by atoms with E-state index in [0.29, 0.717) is 24.9 Å². The van der Waals surface area contributed by atoms with Crippen LogP contribution in [0, 0.1) is 5.92 Å². The Labute approximate surface area is 108 Å². The number of nitrogens with one attached hydrogen (secondary N) is 1. The molecule has 0 aliphatic carbocycles. The lowest BCUT2D eigenvalue weighted by Crippen LogP contribution is -2.38. The fraction of sp³-hybridized carbons (Fsp3) is 0.615. The maximum atomic E-state index is 11.6. The first-order chi connectivity index (χ1) is 8.66. The van der Waals surface area contributed by atoms with Crippen LogP contribution in [0.3, 0.4) is 0 Å². The molecule has 0 unspecified atom stereocenters. The molecular formula is C13H21N3O2. The van der Waals surface area contributed by atoms with Crippen LogP contribution in [0.1, 0.15) is 39.2 Å². The van der Waals surface area contributed by atoms with E-state index in [9.17, 15) is 4.79 Å². The Morgan fingerprint density at radius 3 is 2.61 bits per heavy atom. The van der Waals surface area contributed by atoms with Crippen molar-refractivity contribution in [3.8, 4) is 0 Å². The highest BCUT2D eigenvalue weighted by molar-refractivity contribution is 5.92. The van der Waals surface area contributed by atoms with Crippen LogP contribution in [0.15, 0.2) is 12.3 Å². The SMILES string of the molecule is CC.CC(C)c1cnnc(NC(=O)C2COC2)c1.